The first kappa shape index (κ1) is 8.75. The van der Waals surface area contributed by atoms with Crippen LogP contribution in [0.3, 0.4) is 0 Å². The van der Waals surface area contributed by atoms with Crippen molar-refractivity contribution in [3.8, 4) is 0 Å². The number of sulfone groups is 1. The Balaban J connectivity index is 3.66. The third-order valence-corrected chi connectivity index (χ3v) is 1.69. The monoisotopic (exact) mass is 165 g/mol. The summed E-state index contributed by atoms with van der Waals surface area (Å²) in [5.74, 6) is 0.0522. The summed E-state index contributed by atoms with van der Waals surface area (Å²) in [4.78, 5) is 3.44. The maximum absolute atomic E-state index is 10.4. The lowest BCUT2D eigenvalue weighted by atomic mass is 10.8. The van der Waals surface area contributed by atoms with E-state index in [-0.39, 0.29) is 12.3 Å². The van der Waals surface area contributed by atoms with E-state index in [9.17, 15) is 8.42 Å². The van der Waals surface area contributed by atoms with E-state index in [4.69, 9.17) is 0 Å². The molecule has 0 atom stereocenters. The molecule has 0 rings (SSSR count). The lowest BCUT2D eigenvalue weighted by Crippen LogP contribution is -2.05. The minimum absolute atomic E-state index is 0.0522. The Morgan fingerprint density at radius 3 is 2.56 bits per heavy atom. The van der Waals surface area contributed by atoms with Crippen LogP contribution in [0, 0.1) is 0 Å². The third kappa shape index (κ3) is 7.75. The standard InChI is InChI=1S/C4H7NO2S2/c1-9(6,7)3-2-5-4-8/h2-3H2,1H3. The fourth-order valence-electron chi connectivity index (χ4n) is 0.257. The van der Waals surface area contributed by atoms with Crippen molar-refractivity contribution in [2.75, 3.05) is 18.6 Å². The number of aliphatic imine (C=N–C) groups is 1. The number of hydrogen-bond acceptors (Lipinski definition) is 4. The zero-order valence-corrected chi connectivity index (χ0v) is 6.63. The molecule has 5 heteroatoms. The van der Waals surface area contributed by atoms with Crippen molar-refractivity contribution in [3.05, 3.63) is 0 Å². The molecule has 52 valence electrons. The van der Waals surface area contributed by atoms with Gasteiger partial charge in [-0.05, 0) is 12.2 Å². The molecule has 0 fully saturated rings. The molecule has 0 amide bonds. The predicted molar refractivity (Wildman–Crippen MR) is 39.6 cm³/mol. The van der Waals surface area contributed by atoms with Gasteiger partial charge in [0.05, 0.1) is 17.5 Å². The van der Waals surface area contributed by atoms with Crippen molar-refractivity contribution in [3.63, 3.8) is 0 Å². The van der Waals surface area contributed by atoms with Crippen LogP contribution in [0.2, 0.25) is 0 Å². The molecule has 0 aliphatic rings. The zero-order chi connectivity index (χ0) is 7.33. The van der Waals surface area contributed by atoms with Crippen molar-refractivity contribution < 1.29 is 8.42 Å². The van der Waals surface area contributed by atoms with Gasteiger partial charge in [-0.25, -0.2) is 13.4 Å². The molecular formula is C4H7NO2S2. The van der Waals surface area contributed by atoms with E-state index in [0.29, 0.717) is 0 Å². The maximum atomic E-state index is 10.4. The lowest BCUT2D eigenvalue weighted by Gasteiger charge is -1.88. The van der Waals surface area contributed by atoms with E-state index in [1.165, 1.54) is 0 Å². The topological polar surface area (TPSA) is 46.5 Å². The SMILES string of the molecule is CS(=O)(=O)CCN=C=S. The fraction of sp³-hybridized carbons (Fsp3) is 0.750. The van der Waals surface area contributed by atoms with Gasteiger partial charge in [-0.2, -0.15) is 0 Å². The first-order valence-electron chi connectivity index (χ1n) is 2.27. The molecule has 0 spiro atoms. The largest absolute Gasteiger partial charge is 0.231 e. The fourth-order valence-corrected chi connectivity index (χ4v) is 0.771. The molecule has 9 heavy (non-hydrogen) atoms. The van der Waals surface area contributed by atoms with Gasteiger partial charge in [0.2, 0.25) is 0 Å². The van der Waals surface area contributed by atoms with E-state index in [1.807, 2.05) is 0 Å². The molecule has 0 unspecified atom stereocenters. The molecule has 0 saturated heterocycles. The van der Waals surface area contributed by atoms with Crippen LogP contribution in [0.15, 0.2) is 4.99 Å². The molecule has 0 heterocycles. The lowest BCUT2D eigenvalue weighted by molar-refractivity contribution is 0.602. The van der Waals surface area contributed by atoms with Gasteiger partial charge in [-0.15, -0.1) is 0 Å². The normalized spacial score (nSPS) is 10.3. The summed E-state index contributed by atoms with van der Waals surface area (Å²) in [6, 6.07) is 0. The van der Waals surface area contributed by atoms with Crippen molar-refractivity contribution >= 4 is 27.2 Å². The first-order valence-corrected chi connectivity index (χ1v) is 4.74. The highest BCUT2D eigenvalue weighted by Crippen LogP contribution is 1.80. The smallest absolute Gasteiger partial charge is 0.149 e. The maximum Gasteiger partial charge on any atom is 0.149 e. The molecule has 0 N–H and O–H groups in total. The molecule has 0 aromatic rings. The molecular weight excluding hydrogens is 158 g/mol. The molecule has 0 saturated carbocycles. The Hall–Kier alpha value is -0.250. The number of isothiocyanates is 1. The van der Waals surface area contributed by atoms with Crippen LogP contribution in [0.25, 0.3) is 0 Å². The van der Waals surface area contributed by atoms with Crippen LogP contribution in [-0.4, -0.2) is 32.1 Å². The molecule has 0 aromatic heterocycles. The van der Waals surface area contributed by atoms with Crippen LogP contribution in [0.5, 0.6) is 0 Å². The number of thiocarbonyl (C=S) groups is 1. The van der Waals surface area contributed by atoms with Crippen molar-refractivity contribution in [1.29, 1.82) is 0 Å². The van der Waals surface area contributed by atoms with Crippen LogP contribution in [0.4, 0.5) is 0 Å². The van der Waals surface area contributed by atoms with Crippen LogP contribution in [0.1, 0.15) is 0 Å². The predicted octanol–water partition coefficient (Wildman–Crippen LogP) is 0.134. The molecule has 0 bridgehead atoms. The number of nitrogens with zero attached hydrogens (tertiary/aromatic N) is 1. The van der Waals surface area contributed by atoms with Crippen molar-refractivity contribution in [2.45, 2.75) is 0 Å². The second-order valence-electron chi connectivity index (χ2n) is 1.60. The highest BCUT2D eigenvalue weighted by molar-refractivity contribution is 7.90. The Kier molecular flexibility index (Phi) is 3.61. The summed E-state index contributed by atoms with van der Waals surface area (Å²) in [7, 11) is -2.88. The summed E-state index contributed by atoms with van der Waals surface area (Å²) in [5.41, 5.74) is 0. The molecule has 0 aliphatic heterocycles. The Morgan fingerprint density at radius 1 is 1.67 bits per heavy atom. The summed E-state index contributed by atoms with van der Waals surface area (Å²) < 4.78 is 20.8. The van der Waals surface area contributed by atoms with Gasteiger partial charge in [0, 0.05) is 6.26 Å². The Labute approximate surface area is 59.7 Å². The minimum Gasteiger partial charge on any atom is -0.231 e. The average Bonchev–Trinajstić information content (AvgIpc) is 1.63. The van der Waals surface area contributed by atoms with Gasteiger partial charge < -0.3 is 0 Å². The molecule has 0 aromatic carbocycles. The van der Waals surface area contributed by atoms with Crippen LogP contribution < -0.4 is 0 Å². The van der Waals surface area contributed by atoms with E-state index in [1.54, 1.807) is 0 Å². The highest BCUT2D eigenvalue weighted by Gasteiger charge is 1.97. The number of hydrogen-bond donors (Lipinski definition) is 0. The van der Waals surface area contributed by atoms with Gasteiger partial charge in [0.1, 0.15) is 9.84 Å². The zero-order valence-electron chi connectivity index (χ0n) is 4.99. The van der Waals surface area contributed by atoms with Gasteiger partial charge in [-0.1, -0.05) is 0 Å². The van der Waals surface area contributed by atoms with E-state index >= 15 is 0 Å². The minimum atomic E-state index is -2.88. The second kappa shape index (κ2) is 3.71. The van der Waals surface area contributed by atoms with E-state index in [0.717, 1.165) is 6.26 Å². The van der Waals surface area contributed by atoms with E-state index < -0.39 is 9.84 Å². The van der Waals surface area contributed by atoms with Crippen molar-refractivity contribution in [1.82, 2.24) is 0 Å². The molecule has 3 nitrogen and oxygen atoms in total. The van der Waals surface area contributed by atoms with E-state index in [2.05, 4.69) is 22.4 Å². The Bertz CT molecular complexity index is 213. The van der Waals surface area contributed by atoms with Crippen LogP contribution >= 0.6 is 12.2 Å². The quantitative estimate of drug-likeness (QED) is 0.441. The first-order chi connectivity index (χ1) is 4.06. The average molecular weight is 165 g/mol. The van der Waals surface area contributed by atoms with Gasteiger partial charge in [0.25, 0.3) is 0 Å². The van der Waals surface area contributed by atoms with Crippen LogP contribution in [-0.2, 0) is 9.84 Å². The van der Waals surface area contributed by atoms with Gasteiger partial charge in [0.15, 0.2) is 0 Å². The summed E-state index contributed by atoms with van der Waals surface area (Å²) in [5, 5.41) is 2.08. The van der Waals surface area contributed by atoms with Gasteiger partial charge >= 0.3 is 0 Å². The second-order valence-corrected chi connectivity index (χ2v) is 4.05. The third-order valence-electron chi connectivity index (χ3n) is 0.638. The summed E-state index contributed by atoms with van der Waals surface area (Å²) >= 11 is 4.23. The Morgan fingerprint density at radius 2 is 2.22 bits per heavy atom. The number of rotatable bonds is 3. The molecule has 0 radical (unpaired) electrons. The van der Waals surface area contributed by atoms with Crippen molar-refractivity contribution in [2.24, 2.45) is 4.99 Å². The molecule has 0 aliphatic carbocycles. The summed E-state index contributed by atoms with van der Waals surface area (Å²) in [6.07, 6.45) is 1.16. The summed E-state index contributed by atoms with van der Waals surface area (Å²) in [6.45, 7) is 0.225. The highest BCUT2D eigenvalue weighted by atomic mass is 32.2. The van der Waals surface area contributed by atoms with Gasteiger partial charge in [-0.3, -0.25) is 0 Å².